The molecule has 0 unspecified atom stereocenters. The summed E-state index contributed by atoms with van der Waals surface area (Å²) in [7, 11) is -3.35. The molecule has 3 nitrogen and oxygen atoms in total. The molecule has 2 rings (SSSR count). The molecule has 16 heavy (non-hydrogen) atoms. The minimum atomic E-state index is -3.35. The van der Waals surface area contributed by atoms with Gasteiger partial charge in [-0.05, 0) is 24.6 Å². The molecule has 1 aliphatic heterocycles. The number of ether oxygens (including phenoxy) is 1. The fraction of sp³-hybridized carbons (Fsp3) is 0.400. The summed E-state index contributed by atoms with van der Waals surface area (Å²) in [5, 5.41) is 0.134. The van der Waals surface area contributed by atoms with E-state index in [1.165, 1.54) is 18.2 Å². The zero-order chi connectivity index (χ0) is 11.8. The van der Waals surface area contributed by atoms with Crippen LogP contribution in [0.25, 0.3) is 0 Å². The third-order valence-corrected chi connectivity index (χ3v) is 5.45. The Kier molecular flexibility index (Phi) is 3.45. The molecule has 0 aromatic heterocycles. The van der Waals surface area contributed by atoms with E-state index >= 15 is 0 Å². The molecule has 0 spiro atoms. The lowest BCUT2D eigenvalue weighted by molar-refractivity contribution is 0.198. The van der Waals surface area contributed by atoms with Crippen LogP contribution in [0.3, 0.4) is 0 Å². The lowest BCUT2D eigenvalue weighted by atomic mass is 10.4. The SMILES string of the molecule is O=S(=O)(c1ccc(Cl)c(Cl)c1)[C@H]1CCOC1. The Hall–Kier alpha value is -0.290. The Labute approximate surface area is 104 Å². The van der Waals surface area contributed by atoms with E-state index in [0.717, 1.165) is 0 Å². The van der Waals surface area contributed by atoms with Gasteiger partial charge in [0.2, 0.25) is 0 Å². The van der Waals surface area contributed by atoms with Gasteiger partial charge in [-0.15, -0.1) is 0 Å². The molecule has 0 aliphatic carbocycles. The summed E-state index contributed by atoms with van der Waals surface area (Å²) in [5.41, 5.74) is 0. The number of rotatable bonds is 2. The summed E-state index contributed by atoms with van der Waals surface area (Å²) in [6, 6.07) is 4.35. The number of halogens is 2. The monoisotopic (exact) mass is 280 g/mol. The van der Waals surface area contributed by atoms with E-state index in [9.17, 15) is 8.42 Å². The Morgan fingerprint density at radius 1 is 1.25 bits per heavy atom. The average Bonchev–Trinajstić information content (AvgIpc) is 2.75. The van der Waals surface area contributed by atoms with E-state index in [1.54, 1.807) is 0 Å². The summed E-state index contributed by atoms with van der Waals surface area (Å²) in [5.74, 6) is 0. The minimum absolute atomic E-state index is 0.206. The first-order valence-corrected chi connectivity index (χ1v) is 7.09. The molecular weight excluding hydrogens is 271 g/mol. The third-order valence-electron chi connectivity index (χ3n) is 2.55. The first-order chi connectivity index (χ1) is 7.51. The maximum Gasteiger partial charge on any atom is 0.183 e. The van der Waals surface area contributed by atoms with Crippen LogP contribution in [-0.4, -0.2) is 26.9 Å². The minimum Gasteiger partial charge on any atom is -0.380 e. The van der Waals surface area contributed by atoms with E-state index < -0.39 is 15.1 Å². The lowest BCUT2D eigenvalue weighted by Gasteiger charge is -2.10. The van der Waals surface area contributed by atoms with Gasteiger partial charge in [0, 0.05) is 6.61 Å². The summed E-state index contributed by atoms with van der Waals surface area (Å²) in [6.45, 7) is 0.744. The van der Waals surface area contributed by atoms with Crippen molar-refractivity contribution in [2.24, 2.45) is 0 Å². The summed E-state index contributed by atoms with van der Waals surface area (Å²) >= 11 is 11.5. The first kappa shape index (κ1) is 12.2. The molecule has 6 heteroatoms. The van der Waals surface area contributed by atoms with Crippen LogP contribution in [0, 0.1) is 0 Å². The molecule has 0 bridgehead atoms. The fourth-order valence-corrected chi connectivity index (χ4v) is 3.57. The molecule has 1 aromatic carbocycles. The van der Waals surface area contributed by atoms with Gasteiger partial charge < -0.3 is 4.74 Å². The Morgan fingerprint density at radius 2 is 2.00 bits per heavy atom. The van der Waals surface area contributed by atoms with Crippen LogP contribution in [0.2, 0.25) is 10.0 Å². The van der Waals surface area contributed by atoms with E-state index in [-0.39, 0.29) is 16.5 Å². The standard InChI is InChI=1S/C10H10Cl2O3S/c11-9-2-1-7(5-10(9)12)16(13,14)8-3-4-15-6-8/h1-2,5,8H,3-4,6H2/t8-/m0/s1. The van der Waals surface area contributed by atoms with Crippen molar-refractivity contribution in [2.75, 3.05) is 13.2 Å². The lowest BCUT2D eigenvalue weighted by Crippen LogP contribution is -2.21. The van der Waals surface area contributed by atoms with Gasteiger partial charge in [-0.1, -0.05) is 23.2 Å². The molecule has 0 radical (unpaired) electrons. The predicted molar refractivity (Wildman–Crippen MR) is 62.9 cm³/mol. The molecule has 1 heterocycles. The predicted octanol–water partition coefficient (Wildman–Crippen LogP) is 2.56. The van der Waals surface area contributed by atoms with Gasteiger partial charge in [-0.25, -0.2) is 8.42 Å². The van der Waals surface area contributed by atoms with Crippen LogP contribution in [0.4, 0.5) is 0 Å². The zero-order valence-corrected chi connectivity index (χ0v) is 10.6. The molecular formula is C10H10Cl2O3S. The van der Waals surface area contributed by atoms with Gasteiger partial charge in [0.15, 0.2) is 9.84 Å². The van der Waals surface area contributed by atoms with Crippen molar-refractivity contribution in [3.63, 3.8) is 0 Å². The fourth-order valence-electron chi connectivity index (χ4n) is 1.60. The number of hydrogen-bond acceptors (Lipinski definition) is 3. The van der Waals surface area contributed by atoms with Crippen molar-refractivity contribution in [2.45, 2.75) is 16.6 Å². The van der Waals surface area contributed by atoms with Crippen molar-refractivity contribution in [1.29, 1.82) is 0 Å². The topological polar surface area (TPSA) is 43.4 Å². The highest BCUT2D eigenvalue weighted by molar-refractivity contribution is 7.92. The Bertz CT molecular complexity index is 493. The van der Waals surface area contributed by atoms with Gasteiger partial charge >= 0.3 is 0 Å². The van der Waals surface area contributed by atoms with E-state index in [1.807, 2.05) is 0 Å². The van der Waals surface area contributed by atoms with Crippen LogP contribution in [-0.2, 0) is 14.6 Å². The molecule has 88 valence electrons. The highest BCUT2D eigenvalue weighted by atomic mass is 35.5. The second-order valence-electron chi connectivity index (χ2n) is 3.61. The van der Waals surface area contributed by atoms with Crippen LogP contribution in [0.5, 0.6) is 0 Å². The molecule has 0 amide bonds. The quantitative estimate of drug-likeness (QED) is 0.836. The Balaban J connectivity index is 2.39. The van der Waals surface area contributed by atoms with Crippen molar-refractivity contribution in [3.8, 4) is 0 Å². The first-order valence-electron chi connectivity index (χ1n) is 4.78. The number of hydrogen-bond donors (Lipinski definition) is 0. The summed E-state index contributed by atoms with van der Waals surface area (Å²) < 4.78 is 29.3. The summed E-state index contributed by atoms with van der Waals surface area (Å²) in [6.07, 6.45) is 0.530. The largest absolute Gasteiger partial charge is 0.380 e. The molecule has 0 saturated carbocycles. The maximum absolute atomic E-state index is 12.1. The molecule has 1 aromatic rings. The average molecular weight is 281 g/mol. The second-order valence-corrected chi connectivity index (χ2v) is 6.65. The summed E-state index contributed by atoms with van der Waals surface area (Å²) in [4.78, 5) is 0.206. The zero-order valence-electron chi connectivity index (χ0n) is 8.32. The van der Waals surface area contributed by atoms with Crippen molar-refractivity contribution in [1.82, 2.24) is 0 Å². The van der Waals surface area contributed by atoms with E-state index in [4.69, 9.17) is 27.9 Å². The van der Waals surface area contributed by atoms with Crippen LogP contribution >= 0.6 is 23.2 Å². The van der Waals surface area contributed by atoms with Crippen LogP contribution < -0.4 is 0 Å². The van der Waals surface area contributed by atoms with Gasteiger partial charge in [-0.3, -0.25) is 0 Å². The van der Waals surface area contributed by atoms with Gasteiger partial charge in [0.25, 0.3) is 0 Å². The van der Waals surface area contributed by atoms with E-state index in [0.29, 0.717) is 18.1 Å². The van der Waals surface area contributed by atoms with E-state index in [2.05, 4.69) is 0 Å². The number of benzene rings is 1. The highest BCUT2D eigenvalue weighted by Gasteiger charge is 2.31. The Morgan fingerprint density at radius 3 is 2.56 bits per heavy atom. The molecule has 1 fully saturated rings. The van der Waals surface area contributed by atoms with Gasteiger partial charge in [-0.2, -0.15) is 0 Å². The second kappa shape index (κ2) is 4.53. The van der Waals surface area contributed by atoms with Crippen molar-refractivity contribution < 1.29 is 13.2 Å². The highest BCUT2D eigenvalue weighted by Crippen LogP contribution is 2.28. The van der Waals surface area contributed by atoms with Crippen molar-refractivity contribution in [3.05, 3.63) is 28.2 Å². The molecule has 0 N–H and O–H groups in total. The number of sulfone groups is 1. The maximum atomic E-state index is 12.1. The molecule has 1 aliphatic rings. The smallest absolute Gasteiger partial charge is 0.183 e. The third kappa shape index (κ3) is 2.20. The van der Waals surface area contributed by atoms with Gasteiger partial charge in [0.05, 0.1) is 26.8 Å². The van der Waals surface area contributed by atoms with Gasteiger partial charge in [0.1, 0.15) is 0 Å². The molecule has 1 atom stereocenters. The normalized spacial score (nSPS) is 21.2. The molecule has 1 saturated heterocycles. The van der Waals surface area contributed by atoms with Crippen LogP contribution in [0.15, 0.2) is 23.1 Å². The van der Waals surface area contributed by atoms with Crippen LogP contribution in [0.1, 0.15) is 6.42 Å². The van der Waals surface area contributed by atoms with Crippen molar-refractivity contribution >= 4 is 33.0 Å².